The van der Waals surface area contributed by atoms with Crippen LogP contribution in [0.2, 0.25) is 10.0 Å². The van der Waals surface area contributed by atoms with E-state index in [1.54, 1.807) is 29.5 Å². The van der Waals surface area contributed by atoms with Crippen molar-refractivity contribution in [3.8, 4) is 0 Å². The fourth-order valence-electron chi connectivity index (χ4n) is 2.57. The average Bonchev–Trinajstić information content (AvgIpc) is 3.01. The van der Waals surface area contributed by atoms with Crippen molar-refractivity contribution in [3.63, 3.8) is 0 Å². The number of amidine groups is 1. The molecule has 1 amide bonds. The highest BCUT2D eigenvalue weighted by molar-refractivity contribution is 8.00. The molecule has 138 valence electrons. The number of nitrogens with one attached hydrogen (secondary N) is 2. The number of thiophene rings is 1. The number of hydrogen-bond acceptors (Lipinski definition) is 5. The highest BCUT2D eigenvalue weighted by Gasteiger charge is 2.24. The summed E-state index contributed by atoms with van der Waals surface area (Å²) in [7, 11) is 0. The maximum absolute atomic E-state index is 12.3. The van der Waals surface area contributed by atoms with Gasteiger partial charge in [-0.25, -0.2) is 0 Å². The number of fused-ring (bicyclic) bond motifs is 1. The third-order valence-corrected chi connectivity index (χ3v) is 6.56. The number of benzene rings is 1. The van der Waals surface area contributed by atoms with Gasteiger partial charge in [0.05, 0.1) is 5.75 Å². The van der Waals surface area contributed by atoms with E-state index >= 15 is 0 Å². The van der Waals surface area contributed by atoms with Gasteiger partial charge < -0.3 is 10.6 Å². The molecule has 1 aliphatic rings. The molecule has 0 saturated heterocycles. The van der Waals surface area contributed by atoms with Crippen molar-refractivity contribution in [2.75, 3.05) is 16.4 Å². The van der Waals surface area contributed by atoms with E-state index < -0.39 is 0 Å². The molecule has 2 heterocycles. The van der Waals surface area contributed by atoms with E-state index in [9.17, 15) is 4.79 Å². The highest BCUT2D eigenvalue weighted by Crippen LogP contribution is 2.43. The van der Waals surface area contributed by atoms with Gasteiger partial charge in [0, 0.05) is 32.6 Å². The number of anilines is 2. The fraction of sp³-hybridized carbons (Fsp3) is 0.333. The Balaban J connectivity index is 1.67. The van der Waals surface area contributed by atoms with Crippen molar-refractivity contribution < 1.29 is 4.79 Å². The van der Waals surface area contributed by atoms with Crippen LogP contribution in [0.25, 0.3) is 0 Å². The van der Waals surface area contributed by atoms with E-state index in [1.165, 1.54) is 16.6 Å². The first-order chi connectivity index (χ1) is 12.5. The monoisotopic (exact) mass is 427 g/mol. The summed E-state index contributed by atoms with van der Waals surface area (Å²) in [6, 6.07) is 7.18. The van der Waals surface area contributed by atoms with Crippen molar-refractivity contribution in [2.45, 2.75) is 32.1 Å². The smallest absolute Gasteiger partial charge is 0.234 e. The topological polar surface area (TPSA) is 53.5 Å². The number of thioether (sulfide) groups is 1. The molecule has 2 aromatic rings. The van der Waals surface area contributed by atoms with E-state index in [4.69, 9.17) is 28.2 Å². The SMILES string of the molecule is CCC1=NC(SCC(=O)Nc2cc(Cl)cc(Cl)c2)c2cc(CC)sc2N1. The number of aliphatic imine (C=N–C) groups is 1. The molecule has 1 unspecified atom stereocenters. The molecule has 1 aliphatic heterocycles. The quantitative estimate of drug-likeness (QED) is 0.574. The first-order valence-electron chi connectivity index (χ1n) is 8.32. The van der Waals surface area contributed by atoms with Gasteiger partial charge in [0.1, 0.15) is 16.2 Å². The first-order valence-corrected chi connectivity index (χ1v) is 10.9. The van der Waals surface area contributed by atoms with Gasteiger partial charge in [-0.2, -0.15) is 0 Å². The largest absolute Gasteiger partial charge is 0.335 e. The van der Waals surface area contributed by atoms with Gasteiger partial charge in [-0.1, -0.05) is 37.0 Å². The van der Waals surface area contributed by atoms with Crippen molar-refractivity contribution >= 4 is 68.7 Å². The molecular formula is C18H19Cl2N3OS2. The van der Waals surface area contributed by atoms with Crippen molar-refractivity contribution in [3.05, 3.63) is 44.8 Å². The number of nitrogens with zero attached hydrogens (tertiary/aromatic N) is 1. The predicted molar refractivity (Wildman–Crippen MR) is 115 cm³/mol. The Morgan fingerprint density at radius 3 is 2.62 bits per heavy atom. The predicted octanol–water partition coefficient (Wildman–Crippen LogP) is 6.22. The van der Waals surface area contributed by atoms with Crippen molar-refractivity contribution in [2.24, 2.45) is 4.99 Å². The Bertz CT molecular complexity index is 831. The zero-order chi connectivity index (χ0) is 18.7. The molecule has 0 fully saturated rings. The molecule has 1 aromatic heterocycles. The maximum atomic E-state index is 12.3. The molecule has 0 aliphatic carbocycles. The van der Waals surface area contributed by atoms with Gasteiger partial charge in [0.2, 0.25) is 5.91 Å². The minimum absolute atomic E-state index is 0.0635. The molecule has 26 heavy (non-hydrogen) atoms. The minimum atomic E-state index is -0.104. The van der Waals surface area contributed by atoms with Crippen LogP contribution in [0.3, 0.4) is 0 Å². The van der Waals surface area contributed by atoms with Crippen molar-refractivity contribution in [1.29, 1.82) is 0 Å². The van der Waals surface area contributed by atoms with Gasteiger partial charge in [-0.05, 0) is 30.7 Å². The number of amides is 1. The van der Waals surface area contributed by atoms with Crippen LogP contribution in [0.5, 0.6) is 0 Å². The summed E-state index contributed by atoms with van der Waals surface area (Å²) in [6.45, 7) is 4.22. The standard InChI is InChI=1S/C18H19Cl2N3OS2/c1-3-13-8-14-17(22-15(4-2)23-18(14)26-13)25-9-16(24)21-12-6-10(19)5-11(20)7-12/h5-8,17H,3-4,9H2,1-2H3,(H,21,24)(H,22,23). The van der Waals surface area contributed by atoms with E-state index in [2.05, 4.69) is 30.5 Å². The summed E-state index contributed by atoms with van der Waals surface area (Å²) in [5.74, 6) is 1.15. The lowest BCUT2D eigenvalue weighted by atomic mass is 10.2. The van der Waals surface area contributed by atoms with E-state index in [1.807, 2.05) is 0 Å². The molecule has 4 nitrogen and oxygen atoms in total. The molecule has 1 aromatic carbocycles. The third-order valence-electron chi connectivity index (χ3n) is 3.81. The Morgan fingerprint density at radius 1 is 1.23 bits per heavy atom. The fourth-order valence-corrected chi connectivity index (χ4v) is 5.17. The number of aryl methyl sites for hydroxylation is 1. The van der Waals surface area contributed by atoms with Crippen LogP contribution < -0.4 is 10.6 Å². The van der Waals surface area contributed by atoms with E-state index in [0.717, 1.165) is 29.2 Å². The van der Waals surface area contributed by atoms with Crippen molar-refractivity contribution in [1.82, 2.24) is 0 Å². The molecule has 0 spiro atoms. The Kier molecular flexibility index (Phi) is 6.51. The molecule has 0 bridgehead atoms. The van der Waals surface area contributed by atoms with Crippen LogP contribution in [-0.2, 0) is 11.2 Å². The summed E-state index contributed by atoms with van der Waals surface area (Å²) in [5.41, 5.74) is 1.76. The van der Waals surface area contributed by atoms with Gasteiger partial charge in [-0.3, -0.25) is 9.79 Å². The van der Waals surface area contributed by atoms with Gasteiger partial charge in [0.25, 0.3) is 0 Å². The number of carbonyl (C=O) groups excluding carboxylic acids is 1. The second kappa shape index (κ2) is 8.65. The molecule has 1 atom stereocenters. The second-order valence-corrected chi connectivity index (χ2v) is 8.85. The summed E-state index contributed by atoms with van der Waals surface area (Å²) in [4.78, 5) is 18.4. The lowest BCUT2D eigenvalue weighted by Crippen LogP contribution is -2.19. The Hall–Kier alpha value is -1.21. The summed E-state index contributed by atoms with van der Waals surface area (Å²) in [5, 5.41) is 8.30. The highest BCUT2D eigenvalue weighted by atomic mass is 35.5. The zero-order valence-electron chi connectivity index (χ0n) is 14.4. The molecular weight excluding hydrogens is 409 g/mol. The van der Waals surface area contributed by atoms with Crippen LogP contribution in [0.1, 0.15) is 36.1 Å². The summed E-state index contributed by atoms with van der Waals surface area (Å²) in [6.07, 6.45) is 1.83. The van der Waals surface area contributed by atoms with Gasteiger partial charge in [-0.15, -0.1) is 23.1 Å². The molecule has 0 radical (unpaired) electrons. The van der Waals surface area contributed by atoms with Crippen LogP contribution in [0.4, 0.5) is 10.7 Å². The number of rotatable bonds is 6. The molecule has 3 rings (SSSR count). The number of hydrogen-bond donors (Lipinski definition) is 2. The second-order valence-electron chi connectivity index (χ2n) is 5.77. The van der Waals surface area contributed by atoms with Crippen LogP contribution in [-0.4, -0.2) is 17.5 Å². The zero-order valence-corrected chi connectivity index (χ0v) is 17.6. The maximum Gasteiger partial charge on any atom is 0.234 e. The van der Waals surface area contributed by atoms with Crippen LogP contribution in [0.15, 0.2) is 29.3 Å². The lowest BCUT2D eigenvalue weighted by Gasteiger charge is -2.21. The lowest BCUT2D eigenvalue weighted by molar-refractivity contribution is -0.113. The minimum Gasteiger partial charge on any atom is -0.335 e. The summed E-state index contributed by atoms with van der Waals surface area (Å²) < 4.78 is 0. The van der Waals surface area contributed by atoms with E-state index in [-0.39, 0.29) is 11.3 Å². The van der Waals surface area contributed by atoms with Crippen LogP contribution in [0, 0.1) is 0 Å². The molecule has 8 heteroatoms. The number of halogens is 2. The van der Waals surface area contributed by atoms with E-state index in [0.29, 0.717) is 21.5 Å². The Labute approximate surface area is 171 Å². The first kappa shape index (κ1) is 19.5. The summed E-state index contributed by atoms with van der Waals surface area (Å²) >= 11 is 15.2. The average molecular weight is 428 g/mol. The Morgan fingerprint density at radius 2 is 1.96 bits per heavy atom. The number of carbonyl (C=O) groups is 1. The molecule has 0 saturated carbocycles. The molecule has 2 N–H and O–H groups in total. The normalized spacial score (nSPS) is 15.8. The van der Waals surface area contributed by atoms with Gasteiger partial charge >= 0.3 is 0 Å². The third kappa shape index (κ3) is 4.74. The van der Waals surface area contributed by atoms with Crippen LogP contribution >= 0.6 is 46.3 Å². The van der Waals surface area contributed by atoms with Gasteiger partial charge in [0.15, 0.2) is 0 Å².